The molecular formula is C12H26N2. The number of hydrogen-bond acceptors (Lipinski definition) is 2. The molecule has 0 spiro atoms. The van der Waals surface area contributed by atoms with E-state index in [4.69, 9.17) is 0 Å². The molecular weight excluding hydrogens is 172 g/mol. The molecule has 1 rings (SSSR count). The van der Waals surface area contributed by atoms with Gasteiger partial charge < -0.3 is 10.2 Å². The Morgan fingerprint density at radius 2 is 2.21 bits per heavy atom. The molecule has 2 nitrogen and oxygen atoms in total. The van der Waals surface area contributed by atoms with Gasteiger partial charge in [-0.25, -0.2) is 0 Å². The predicted octanol–water partition coefficient (Wildman–Crippen LogP) is 2.25. The highest BCUT2D eigenvalue weighted by Crippen LogP contribution is 2.11. The van der Waals surface area contributed by atoms with Crippen LogP contribution >= 0.6 is 0 Å². The van der Waals surface area contributed by atoms with Crippen molar-refractivity contribution < 1.29 is 0 Å². The summed E-state index contributed by atoms with van der Waals surface area (Å²) in [5.74, 6) is 0. The van der Waals surface area contributed by atoms with Crippen molar-refractivity contribution in [1.29, 1.82) is 0 Å². The van der Waals surface area contributed by atoms with Crippen molar-refractivity contribution in [1.82, 2.24) is 10.2 Å². The van der Waals surface area contributed by atoms with Gasteiger partial charge in [-0.05, 0) is 32.9 Å². The lowest BCUT2D eigenvalue weighted by atomic mass is 10.1. The zero-order valence-electron chi connectivity index (χ0n) is 10.1. The number of likely N-dealkylation sites (tertiary alicyclic amines) is 1. The molecule has 14 heavy (non-hydrogen) atoms. The smallest absolute Gasteiger partial charge is 0.0209 e. The SMILES string of the molecule is CCCC[C@@H](CC)N[C@H]1CCN(C)C1. The van der Waals surface area contributed by atoms with Crippen LogP contribution in [0.1, 0.15) is 46.0 Å². The molecule has 0 aromatic carbocycles. The fraction of sp³-hybridized carbons (Fsp3) is 1.00. The van der Waals surface area contributed by atoms with Crippen LogP contribution in [-0.2, 0) is 0 Å². The summed E-state index contributed by atoms with van der Waals surface area (Å²) in [4.78, 5) is 2.42. The van der Waals surface area contributed by atoms with Crippen molar-refractivity contribution in [3.8, 4) is 0 Å². The summed E-state index contributed by atoms with van der Waals surface area (Å²) in [5.41, 5.74) is 0. The molecule has 1 aliphatic heterocycles. The fourth-order valence-corrected chi connectivity index (χ4v) is 2.26. The van der Waals surface area contributed by atoms with E-state index in [9.17, 15) is 0 Å². The minimum atomic E-state index is 0.752. The van der Waals surface area contributed by atoms with Crippen LogP contribution in [0.25, 0.3) is 0 Å². The summed E-state index contributed by atoms with van der Waals surface area (Å²) in [6.45, 7) is 7.08. The van der Waals surface area contributed by atoms with Crippen LogP contribution in [0.3, 0.4) is 0 Å². The van der Waals surface area contributed by atoms with E-state index in [-0.39, 0.29) is 0 Å². The van der Waals surface area contributed by atoms with Crippen molar-refractivity contribution in [2.24, 2.45) is 0 Å². The second-order valence-corrected chi connectivity index (χ2v) is 4.66. The van der Waals surface area contributed by atoms with E-state index >= 15 is 0 Å². The lowest BCUT2D eigenvalue weighted by Crippen LogP contribution is -2.39. The topological polar surface area (TPSA) is 15.3 Å². The van der Waals surface area contributed by atoms with E-state index in [2.05, 4.69) is 31.1 Å². The Morgan fingerprint density at radius 1 is 1.43 bits per heavy atom. The fourth-order valence-electron chi connectivity index (χ4n) is 2.26. The molecule has 1 aliphatic rings. The van der Waals surface area contributed by atoms with Crippen molar-refractivity contribution in [2.75, 3.05) is 20.1 Å². The molecule has 0 saturated carbocycles. The average molecular weight is 198 g/mol. The van der Waals surface area contributed by atoms with Gasteiger partial charge in [0.05, 0.1) is 0 Å². The number of nitrogens with one attached hydrogen (secondary N) is 1. The van der Waals surface area contributed by atoms with Crippen LogP contribution in [0.4, 0.5) is 0 Å². The first-order valence-electron chi connectivity index (χ1n) is 6.20. The quantitative estimate of drug-likeness (QED) is 0.704. The summed E-state index contributed by atoms with van der Waals surface area (Å²) in [6, 6.07) is 1.51. The third kappa shape index (κ3) is 3.97. The molecule has 2 atom stereocenters. The lowest BCUT2D eigenvalue weighted by molar-refractivity contribution is 0.364. The van der Waals surface area contributed by atoms with E-state index in [1.54, 1.807) is 0 Å². The molecule has 2 heteroatoms. The molecule has 84 valence electrons. The van der Waals surface area contributed by atoms with Crippen LogP contribution in [0, 0.1) is 0 Å². The van der Waals surface area contributed by atoms with Crippen LogP contribution in [0.15, 0.2) is 0 Å². The Kier molecular flexibility index (Phi) is 5.49. The molecule has 0 aromatic heterocycles. The van der Waals surface area contributed by atoms with Gasteiger partial charge in [0.15, 0.2) is 0 Å². The summed E-state index contributed by atoms with van der Waals surface area (Å²) >= 11 is 0. The zero-order valence-corrected chi connectivity index (χ0v) is 10.1. The molecule has 1 heterocycles. The maximum Gasteiger partial charge on any atom is 0.0209 e. The first-order valence-corrected chi connectivity index (χ1v) is 6.20. The minimum absolute atomic E-state index is 0.752. The third-order valence-electron chi connectivity index (χ3n) is 3.26. The van der Waals surface area contributed by atoms with Gasteiger partial charge in [0.2, 0.25) is 0 Å². The molecule has 0 bridgehead atoms. The van der Waals surface area contributed by atoms with Gasteiger partial charge in [0.25, 0.3) is 0 Å². The number of nitrogens with zero attached hydrogens (tertiary/aromatic N) is 1. The Labute approximate surface area is 89.1 Å². The average Bonchev–Trinajstić information content (AvgIpc) is 2.58. The summed E-state index contributed by atoms with van der Waals surface area (Å²) < 4.78 is 0. The number of likely N-dealkylation sites (N-methyl/N-ethyl adjacent to an activating group) is 1. The Balaban J connectivity index is 2.19. The van der Waals surface area contributed by atoms with Crippen LogP contribution < -0.4 is 5.32 Å². The summed E-state index contributed by atoms with van der Waals surface area (Å²) in [7, 11) is 2.22. The molecule has 1 saturated heterocycles. The largest absolute Gasteiger partial charge is 0.310 e. The maximum absolute atomic E-state index is 3.79. The van der Waals surface area contributed by atoms with E-state index in [1.165, 1.54) is 45.2 Å². The highest BCUT2D eigenvalue weighted by atomic mass is 15.2. The van der Waals surface area contributed by atoms with Crippen LogP contribution in [0.5, 0.6) is 0 Å². The monoisotopic (exact) mass is 198 g/mol. The number of hydrogen-bond donors (Lipinski definition) is 1. The third-order valence-corrected chi connectivity index (χ3v) is 3.26. The van der Waals surface area contributed by atoms with E-state index in [0.717, 1.165) is 12.1 Å². The molecule has 1 fully saturated rings. The number of unbranched alkanes of at least 4 members (excludes halogenated alkanes) is 1. The van der Waals surface area contributed by atoms with Crippen LogP contribution in [-0.4, -0.2) is 37.1 Å². The van der Waals surface area contributed by atoms with Crippen molar-refractivity contribution in [3.05, 3.63) is 0 Å². The Morgan fingerprint density at radius 3 is 2.71 bits per heavy atom. The molecule has 0 aromatic rings. The standard InChI is InChI=1S/C12H26N2/c1-4-6-7-11(5-2)13-12-8-9-14(3)10-12/h11-13H,4-10H2,1-3H3/t11-,12+/m1/s1. The highest BCUT2D eigenvalue weighted by molar-refractivity contribution is 4.81. The van der Waals surface area contributed by atoms with Crippen molar-refractivity contribution in [3.63, 3.8) is 0 Å². The van der Waals surface area contributed by atoms with Gasteiger partial charge in [-0.2, -0.15) is 0 Å². The maximum atomic E-state index is 3.79. The summed E-state index contributed by atoms with van der Waals surface area (Å²) in [6.07, 6.45) is 6.66. The second-order valence-electron chi connectivity index (χ2n) is 4.66. The van der Waals surface area contributed by atoms with E-state index in [0.29, 0.717) is 0 Å². The zero-order chi connectivity index (χ0) is 10.4. The van der Waals surface area contributed by atoms with Gasteiger partial charge in [-0.1, -0.05) is 26.7 Å². The van der Waals surface area contributed by atoms with Gasteiger partial charge in [-0.15, -0.1) is 0 Å². The van der Waals surface area contributed by atoms with Gasteiger partial charge >= 0.3 is 0 Å². The number of rotatable bonds is 6. The first-order chi connectivity index (χ1) is 6.76. The molecule has 0 radical (unpaired) electrons. The van der Waals surface area contributed by atoms with Gasteiger partial charge in [-0.3, -0.25) is 0 Å². The molecule has 0 aliphatic carbocycles. The normalized spacial score (nSPS) is 25.5. The van der Waals surface area contributed by atoms with Crippen molar-refractivity contribution in [2.45, 2.75) is 58.0 Å². The highest BCUT2D eigenvalue weighted by Gasteiger charge is 2.21. The Hall–Kier alpha value is -0.0800. The molecule has 0 amide bonds. The predicted molar refractivity (Wildman–Crippen MR) is 62.6 cm³/mol. The first kappa shape index (κ1) is 12.0. The lowest BCUT2D eigenvalue weighted by Gasteiger charge is -2.21. The Bertz CT molecular complexity index is 147. The van der Waals surface area contributed by atoms with Crippen molar-refractivity contribution >= 4 is 0 Å². The van der Waals surface area contributed by atoms with E-state index in [1.807, 2.05) is 0 Å². The molecule has 1 N–H and O–H groups in total. The van der Waals surface area contributed by atoms with Gasteiger partial charge in [0, 0.05) is 18.6 Å². The van der Waals surface area contributed by atoms with Gasteiger partial charge in [0.1, 0.15) is 0 Å². The van der Waals surface area contributed by atoms with Crippen LogP contribution in [0.2, 0.25) is 0 Å². The van der Waals surface area contributed by atoms with E-state index < -0.39 is 0 Å². The minimum Gasteiger partial charge on any atom is -0.310 e. The summed E-state index contributed by atoms with van der Waals surface area (Å²) in [5, 5.41) is 3.79. The molecule has 0 unspecified atom stereocenters. The second kappa shape index (κ2) is 6.41.